The lowest BCUT2D eigenvalue weighted by Gasteiger charge is -2.09. The second kappa shape index (κ2) is 6.02. The van der Waals surface area contributed by atoms with Crippen LogP contribution < -0.4 is 10.6 Å². The predicted molar refractivity (Wildman–Crippen MR) is 77.7 cm³/mol. The van der Waals surface area contributed by atoms with Crippen LogP contribution in [0.2, 0.25) is 5.02 Å². The number of rotatable bonds is 4. The summed E-state index contributed by atoms with van der Waals surface area (Å²) < 4.78 is 0. The van der Waals surface area contributed by atoms with Gasteiger partial charge >= 0.3 is 5.69 Å². The van der Waals surface area contributed by atoms with Crippen molar-refractivity contribution in [1.29, 1.82) is 5.26 Å². The van der Waals surface area contributed by atoms with E-state index in [-0.39, 0.29) is 22.5 Å². The molecule has 0 saturated heterocycles. The number of nitro groups is 1. The molecule has 0 fully saturated rings. The number of aromatic nitrogens is 2. The van der Waals surface area contributed by atoms with Crippen LogP contribution in [0.5, 0.6) is 0 Å². The van der Waals surface area contributed by atoms with Gasteiger partial charge in [0.1, 0.15) is 6.20 Å². The summed E-state index contributed by atoms with van der Waals surface area (Å²) in [6.45, 7) is 0. The Labute approximate surface area is 124 Å². The van der Waals surface area contributed by atoms with Crippen LogP contribution in [0.4, 0.5) is 23.1 Å². The lowest BCUT2D eigenvalue weighted by Crippen LogP contribution is -2.04. The Kier molecular flexibility index (Phi) is 4.15. The first-order valence-electron chi connectivity index (χ1n) is 5.71. The normalized spacial score (nSPS) is 9.76. The number of nitriles is 1. The van der Waals surface area contributed by atoms with Crippen molar-refractivity contribution in [3.63, 3.8) is 0 Å². The first kappa shape index (κ1) is 14.5. The van der Waals surface area contributed by atoms with E-state index in [1.807, 2.05) is 6.07 Å². The van der Waals surface area contributed by atoms with E-state index in [9.17, 15) is 10.1 Å². The van der Waals surface area contributed by atoms with Gasteiger partial charge in [0.25, 0.3) is 0 Å². The average molecular weight is 305 g/mol. The molecule has 8 nitrogen and oxygen atoms in total. The Morgan fingerprint density at radius 2 is 2.24 bits per heavy atom. The van der Waals surface area contributed by atoms with Crippen LogP contribution in [-0.2, 0) is 0 Å². The second-order valence-corrected chi connectivity index (χ2v) is 4.27. The van der Waals surface area contributed by atoms with E-state index in [2.05, 4.69) is 20.6 Å². The molecule has 0 atom stereocenters. The van der Waals surface area contributed by atoms with Crippen LogP contribution in [0.3, 0.4) is 0 Å². The van der Waals surface area contributed by atoms with E-state index < -0.39 is 4.92 Å². The van der Waals surface area contributed by atoms with Crippen molar-refractivity contribution in [2.75, 3.05) is 17.7 Å². The smallest absolute Gasteiger partial charge is 0.329 e. The first-order chi connectivity index (χ1) is 10.0. The van der Waals surface area contributed by atoms with Crippen molar-refractivity contribution >= 4 is 34.7 Å². The molecule has 1 aromatic heterocycles. The fourth-order valence-corrected chi connectivity index (χ4v) is 1.76. The number of hydrogen-bond acceptors (Lipinski definition) is 7. The fraction of sp³-hybridized carbons (Fsp3) is 0.0833. The SMILES string of the molecule is CNc1ncc([N+](=O)[O-])c(Nc2ccc(C#N)cc2Cl)n1. The summed E-state index contributed by atoms with van der Waals surface area (Å²) in [5, 5.41) is 25.5. The Hall–Kier alpha value is -2.92. The zero-order valence-corrected chi connectivity index (χ0v) is 11.5. The Morgan fingerprint density at radius 3 is 2.81 bits per heavy atom. The summed E-state index contributed by atoms with van der Waals surface area (Å²) >= 11 is 6.02. The monoisotopic (exact) mass is 304 g/mol. The Bertz CT molecular complexity index is 743. The molecular formula is C12H9ClN6O2. The molecule has 1 aromatic carbocycles. The predicted octanol–water partition coefficient (Wildman–Crippen LogP) is 2.70. The Morgan fingerprint density at radius 1 is 1.48 bits per heavy atom. The van der Waals surface area contributed by atoms with Gasteiger partial charge in [0.2, 0.25) is 11.8 Å². The van der Waals surface area contributed by atoms with E-state index in [1.54, 1.807) is 19.2 Å². The van der Waals surface area contributed by atoms with Gasteiger partial charge in [0.15, 0.2) is 0 Å². The molecule has 0 saturated carbocycles. The minimum absolute atomic E-state index is 0.00552. The van der Waals surface area contributed by atoms with Gasteiger partial charge in [-0.3, -0.25) is 10.1 Å². The van der Waals surface area contributed by atoms with Crippen LogP contribution in [0.25, 0.3) is 0 Å². The van der Waals surface area contributed by atoms with Crippen molar-refractivity contribution in [1.82, 2.24) is 9.97 Å². The molecule has 0 aliphatic carbocycles. The molecule has 2 aromatic rings. The molecule has 0 aliphatic heterocycles. The third-order valence-corrected chi connectivity index (χ3v) is 2.85. The molecule has 0 unspecified atom stereocenters. The topological polar surface area (TPSA) is 117 Å². The molecule has 21 heavy (non-hydrogen) atoms. The summed E-state index contributed by atoms with van der Waals surface area (Å²) in [7, 11) is 1.60. The molecule has 2 rings (SSSR count). The lowest BCUT2D eigenvalue weighted by molar-refractivity contribution is -0.384. The number of anilines is 3. The standard InChI is InChI=1S/C12H9ClN6O2/c1-15-12-16-6-10(19(20)21)11(18-12)17-9-3-2-7(5-14)4-8(9)13/h2-4,6H,1H3,(H2,15,16,17,18). The maximum absolute atomic E-state index is 11.0. The number of nitrogens with zero attached hydrogens (tertiary/aromatic N) is 4. The largest absolute Gasteiger partial charge is 0.357 e. The van der Waals surface area contributed by atoms with Crippen LogP contribution in [0, 0.1) is 21.4 Å². The summed E-state index contributed by atoms with van der Waals surface area (Å²) in [5.41, 5.74) is 0.507. The van der Waals surface area contributed by atoms with Gasteiger partial charge in [0, 0.05) is 7.05 Å². The van der Waals surface area contributed by atoms with Gasteiger partial charge in [0.05, 0.1) is 27.3 Å². The molecule has 0 amide bonds. The highest BCUT2D eigenvalue weighted by Gasteiger charge is 2.18. The van der Waals surface area contributed by atoms with Crippen LogP contribution >= 0.6 is 11.6 Å². The van der Waals surface area contributed by atoms with Crippen molar-refractivity contribution in [2.24, 2.45) is 0 Å². The van der Waals surface area contributed by atoms with Crippen molar-refractivity contribution in [3.8, 4) is 6.07 Å². The summed E-state index contributed by atoms with van der Waals surface area (Å²) in [5.74, 6) is 0.235. The maximum atomic E-state index is 11.0. The highest BCUT2D eigenvalue weighted by molar-refractivity contribution is 6.33. The summed E-state index contributed by atoms with van der Waals surface area (Å²) in [4.78, 5) is 18.2. The first-order valence-corrected chi connectivity index (χ1v) is 6.09. The average Bonchev–Trinajstić information content (AvgIpc) is 2.48. The number of nitrogens with one attached hydrogen (secondary N) is 2. The van der Waals surface area contributed by atoms with E-state index in [0.717, 1.165) is 6.20 Å². The van der Waals surface area contributed by atoms with E-state index in [4.69, 9.17) is 16.9 Å². The minimum Gasteiger partial charge on any atom is -0.357 e. The van der Waals surface area contributed by atoms with Crippen LogP contribution in [0.1, 0.15) is 5.56 Å². The zero-order valence-electron chi connectivity index (χ0n) is 10.8. The van der Waals surface area contributed by atoms with Gasteiger partial charge in [-0.1, -0.05) is 11.6 Å². The molecule has 0 radical (unpaired) electrons. The molecular weight excluding hydrogens is 296 g/mol. The van der Waals surface area contributed by atoms with Crippen LogP contribution in [-0.4, -0.2) is 21.9 Å². The van der Waals surface area contributed by atoms with Gasteiger partial charge in [-0.25, -0.2) is 4.98 Å². The van der Waals surface area contributed by atoms with Gasteiger partial charge in [-0.15, -0.1) is 0 Å². The van der Waals surface area contributed by atoms with Crippen LogP contribution in [0.15, 0.2) is 24.4 Å². The van der Waals surface area contributed by atoms with Gasteiger partial charge in [-0.2, -0.15) is 10.2 Å². The third-order valence-electron chi connectivity index (χ3n) is 2.54. The van der Waals surface area contributed by atoms with E-state index in [0.29, 0.717) is 11.3 Å². The van der Waals surface area contributed by atoms with Gasteiger partial charge in [-0.05, 0) is 18.2 Å². The quantitative estimate of drug-likeness (QED) is 0.658. The molecule has 0 spiro atoms. The van der Waals surface area contributed by atoms with Gasteiger partial charge < -0.3 is 10.6 Å². The molecule has 2 N–H and O–H groups in total. The van der Waals surface area contributed by atoms with Crippen molar-refractivity contribution < 1.29 is 4.92 Å². The van der Waals surface area contributed by atoms with Crippen molar-refractivity contribution in [2.45, 2.75) is 0 Å². The maximum Gasteiger partial charge on any atom is 0.329 e. The number of benzene rings is 1. The minimum atomic E-state index is -0.598. The lowest BCUT2D eigenvalue weighted by atomic mass is 10.2. The molecule has 106 valence electrons. The highest BCUT2D eigenvalue weighted by atomic mass is 35.5. The number of halogens is 1. The third kappa shape index (κ3) is 3.16. The molecule has 0 bridgehead atoms. The molecule has 0 aliphatic rings. The van der Waals surface area contributed by atoms with E-state index in [1.165, 1.54) is 6.07 Å². The second-order valence-electron chi connectivity index (χ2n) is 3.87. The fourth-order valence-electron chi connectivity index (χ4n) is 1.54. The highest BCUT2D eigenvalue weighted by Crippen LogP contribution is 2.30. The van der Waals surface area contributed by atoms with Crippen molar-refractivity contribution in [3.05, 3.63) is 45.1 Å². The van der Waals surface area contributed by atoms with E-state index >= 15 is 0 Å². The zero-order chi connectivity index (χ0) is 15.4. The summed E-state index contributed by atoms with van der Waals surface area (Å²) in [6.07, 6.45) is 1.10. The Balaban J connectivity index is 2.43. The molecule has 1 heterocycles. The summed E-state index contributed by atoms with van der Waals surface area (Å²) in [6, 6.07) is 6.49. The number of hydrogen-bond donors (Lipinski definition) is 2. The molecule has 9 heteroatoms.